The summed E-state index contributed by atoms with van der Waals surface area (Å²) in [5.41, 5.74) is 1.76. The SMILES string of the molecule is Cc1ccc(C2=NOC(S(=O)(=O)c3ccccc3)C2)cc1. The molecule has 0 aromatic heterocycles. The number of rotatable bonds is 3. The van der Waals surface area contributed by atoms with Gasteiger partial charge in [0.2, 0.25) is 15.3 Å². The lowest BCUT2D eigenvalue weighted by Gasteiger charge is -2.09. The lowest BCUT2D eigenvalue weighted by Crippen LogP contribution is -2.21. The second-order valence-corrected chi connectivity index (χ2v) is 7.09. The van der Waals surface area contributed by atoms with E-state index >= 15 is 0 Å². The van der Waals surface area contributed by atoms with Crippen LogP contribution in [0.2, 0.25) is 0 Å². The highest BCUT2D eigenvalue weighted by Gasteiger charge is 2.35. The van der Waals surface area contributed by atoms with Gasteiger partial charge >= 0.3 is 0 Å². The van der Waals surface area contributed by atoms with Crippen LogP contribution in [0.4, 0.5) is 0 Å². The molecule has 4 nitrogen and oxygen atoms in total. The van der Waals surface area contributed by atoms with E-state index in [-0.39, 0.29) is 11.3 Å². The molecule has 108 valence electrons. The highest BCUT2D eigenvalue weighted by molar-refractivity contribution is 7.92. The zero-order valence-electron chi connectivity index (χ0n) is 11.6. The summed E-state index contributed by atoms with van der Waals surface area (Å²) in [5, 5.41) is 3.95. The summed E-state index contributed by atoms with van der Waals surface area (Å²) in [6.45, 7) is 2.00. The van der Waals surface area contributed by atoms with E-state index in [1.54, 1.807) is 30.3 Å². The molecule has 1 aliphatic heterocycles. The van der Waals surface area contributed by atoms with Gasteiger partial charge < -0.3 is 4.84 Å². The average molecular weight is 301 g/mol. The van der Waals surface area contributed by atoms with Gasteiger partial charge in [0.15, 0.2) is 0 Å². The maximum atomic E-state index is 12.5. The molecule has 21 heavy (non-hydrogen) atoms. The van der Waals surface area contributed by atoms with Crippen LogP contribution in [-0.2, 0) is 14.7 Å². The number of aryl methyl sites for hydroxylation is 1. The first-order chi connectivity index (χ1) is 10.1. The molecule has 0 spiro atoms. The first kappa shape index (κ1) is 13.8. The molecule has 5 heteroatoms. The molecule has 1 unspecified atom stereocenters. The minimum Gasteiger partial charge on any atom is -0.375 e. The molecule has 1 heterocycles. The molecule has 0 N–H and O–H groups in total. The molecular weight excluding hydrogens is 286 g/mol. The Bertz CT molecular complexity index is 765. The van der Waals surface area contributed by atoms with Crippen LogP contribution in [0, 0.1) is 6.92 Å². The Kier molecular flexibility index (Phi) is 3.51. The predicted molar refractivity (Wildman–Crippen MR) is 80.8 cm³/mol. The lowest BCUT2D eigenvalue weighted by atomic mass is 10.1. The smallest absolute Gasteiger partial charge is 0.237 e. The van der Waals surface area contributed by atoms with E-state index in [0.717, 1.165) is 11.1 Å². The van der Waals surface area contributed by atoms with Crippen LogP contribution in [0.15, 0.2) is 64.6 Å². The summed E-state index contributed by atoms with van der Waals surface area (Å²) in [6, 6.07) is 16.1. The quantitative estimate of drug-likeness (QED) is 0.876. The van der Waals surface area contributed by atoms with Gasteiger partial charge in [0.05, 0.1) is 10.6 Å². The fourth-order valence-corrected chi connectivity index (χ4v) is 3.57. The van der Waals surface area contributed by atoms with Gasteiger partial charge in [-0.3, -0.25) is 0 Å². The van der Waals surface area contributed by atoms with Crippen LogP contribution >= 0.6 is 0 Å². The third-order valence-corrected chi connectivity index (χ3v) is 5.32. The zero-order chi connectivity index (χ0) is 14.9. The van der Waals surface area contributed by atoms with E-state index < -0.39 is 15.3 Å². The minimum atomic E-state index is -3.52. The second kappa shape index (κ2) is 5.33. The fourth-order valence-electron chi connectivity index (χ4n) is 2.20. The lowest BCUT2D eigenvalue weighted by molar-refractivity contribution is 0.140. The van der Waals surface area contributed by atoms with Gasteiger partial charge in [0.25, 0.3) is 0 Å². The largest absolute Gasteiger partial charge is 0.375 e. The third-order valence-electron chi connectivity index (χ3n) is 3.44. The van der Waals surface area contributed by atoms with Gasteiger partial charge in [-0.15, -0.1) is 0 Å². The number of oxime groups is 1. The Balaban J connectivity index is 1.82. The van der Waals surface area contributed by atoms with Crippen LogP contribution in [0.3, 0.4) is 0 Å². The topological polar surface area (TPSA) is 55.7 Å². The Labute approximate surface area is 124 Å². The van der Waals surface area contributed by atoms with E-state index in [1.807, 2.05) is 31.2 Å². The van der Waals surface area contributed by atoms with Gasteiger partial charge in [0.1, 0.15) is 0 Å². The maximum Gasteiger partial charge on any atom is 0.237 e. The first-order valence-electron chi connectivity index (χ1n) is 6.66. The minimum absolute atomic E-state index is 0.260. The monoisotopic (exact) mass is 301 g/mol. The van der Waals surface area contributed by atoms with E-state index in [2.05, 4.69) is 5.16 Å². The first-order valence-corrected chi connectivity index (χ1v) is 8.21. The summed E-state index contributed by atoms with van der Waals surface area (Å²) in [6.07, 6.45) is 0.264. The molecule has 0 aliphatic carbocycles. The van der Waals surface area contributed by atoms with Gasteiger partial charge in [-0.2, -0.15) is 0 Å². The number of benzene rings is 2. The van der Waals surface area contributed by atoms with Crippen LogP contribution in [-0.4, -0.2) is 19.6 Å². The van der Waals surface area contributed by atoms with Crippen LogP contribution < -0.4 is 0 Å². The van der Waals surface area contributed by atoms with Crippen molar-refractivity contribution in [3.63, 3.8) is 0 Å². The Morgan fingerprint density at radius 2 is 1.71 bits per heavy atom. The van der Waals surface area contributed by atoms with Gasteiger partial charge in [0, 0.05) is 6.42 Å². The van der Waals surface area contributed by atoms with E-state index in [4.69, 9.17) is 4.84 Å². The zero-order valence-corrected chi connectivity index (χ0v) is 12.4. The van der Waals surface area contributed by atoms with E-state index in [9.17, 15) is 8.42 Å². The van der Waals surface area contributed by atoms with Crippen molar-refractivity contribution in [3.8, 4) is 0 Å². The molecule has 0 bridgehead atoms. The molecule has 2 aromatic carbocycles. The van der Waals surface area contributed by atoms with Gasteiger partial charge in [-0.25, -0.2) is 8.42 Å². The predicted octanol–water partition coefficient (Wildman–Crippen LogP) is 2.92. The highest BCUT2D eigenvalue weighted by atomic mass is 32.2. The van der Waals surface area contributed by atoms with E-state index in [0.29, 0.717) is 5.71 Å². The van der Waals surface area contributed by atoms with Crippen molar-refractivity contribution in [1.82, 2.24) is 0 Å². The third kappa shape index (κ3) is 2.69. The second-order valence-electron chi connectivity index (χ2n) is 5.00. The van der Waals surface area contributed by atoms with E-state index in [1.165, 1.54) is 0 Å². The van der Waals surface area contributed by atoms with Crippen molar-refractivity contribution >= 4 is 15.5 Å². The van der Waals surface area contributed by atoms with Crippen molar-refractivity contribution in [2.75, 3.05) is 0 Å². The maximum absolute atomic E-state index is 12.5. The molecule has 0 amide bonds. The van der Waals surface area contributed by atoms with Gasteiger partial charge in [-0.05, 0) is 24.6 Å². The fraction of sp³-hybridized carbons (Fsp3) is 0.188. The normalized spacial score (nSPS) is 18.1. The Morgan fingerprint density at radius 1 is 1.05 bits per heavy atom. The summed E-state index contributed by atoms with van der Waals surface area (Å²) >= 11 is 0. The molecule has 3 rings (SSSR count). The Morgan fingerprint density at radius 3 is 2.38 bits per heavy atom. The number of sulfone groups is 1. The number of nitrogens with zero attached hydrogens (tertiary/aromatic N) is 1. The van der Waals surface area contributed by atoms with Crippen molar-refractivity contribution < 1.29 is 13.3 Å². The summed E-state index contributed by atoms with van der Waals surface area (Å²) < 4.78 is 24.9. The summed E-state index contributed by atoms with van der Waals surface area (Å²) in [4.78, 5) is 5.43. The van der Waals surface area contributed by atoms with Crippen LogP contribution in [0.5, 0.6) is 0 Å². The molecule has 0 fully saturated rings. The molecule has 0 saturated carbocycles. The highest BCUT2D eigenvalue weighted by Crippen LogP contribution is 2.26. The van der Waals surface area contributed by atoms with Crippen molar-refractivity contribution in [3.05, 3.63) is 65.7 Å². The number of hydrogen-bond donors (Lipinski definition) is 0. The molecule has 2 aromatic rings. The molecule has 1 aliphatic rings. The van der Waals surface area contributed by atoms with Crippen molar-refractivity contribution in [1.29, 1.82) is 0 Å². The Hall–Kier alpha value is -2.14. The van der Waals surface area contributed by atoms with Crippen molar-refractivity contribution in [2.45, 2.75) is 23.7 Å². The average Bonchev–Trinajstić information content (AvgIpc) is 2.99. The molecule has 0 radical (unpaired) electrons. The summed E-state index contributed by atoms with van der Waals surface area (Å²) in [7, 11) is -3.52. The van der Waals surface area contributed by atoms with Crippen LogP contribution in [0.25, 0.3) is 0 Å². The summed E-state index contributed by atoms with van der Waals surface area (Å²) in [5.74, 6) is 0. The molecule has 1 atom stereocenters. The number of hydrogen-bond acceptors (Lipinski definition) is 4. The molecule has 0 saturated heterocycles. The van der Waals surface area contributed by atoms with Gasteiger partial charge in [-0.1, -0.05) is 53.2 Å². The van der Waals surface area contributed by atoms with Crippen molar-refractivity contribution in [2.24, 2.45) is 5.16 Å². The standard InChI is InChI=1S/C16H15NO3S/c1-12-7-9-13(10-8-12)15-11-16(20-17-15)21(18,19)14-5-3-2-4-6-14/h2-10,16H,11H2,1H3. The molecular formula is C16H15NO3S. The van der Waals surface area contributed by atoms with Crippen LogP contribution in [0.1, 0.15) is 17.5 Å².